The van der Waals surface area contributed by atoms with Crippen molar-refractivity contribution >= 4 is 23.6 Å². The number of anilines is 1. The first-order valence-electron chi connectivity index (χ1n) is 11.3. The molecule has 0 aliphatic rings. The number of rotatable bonds is 12. The third kappa shape index (κ3) is 7.81. The largest absolute Gasteiger partial charge is 0.490 e. The van der Waals surface area contributed by atoms with Gasteiger partial charge >= 0.3 is 0 Å². The van der Waals surface area contributed by atoms with Gasteiger partial charge in [-0.3, -0.25) is 14.3 Å². The molecule has 8 nitrogen and oxygen atoms in total. The maximum absolute atomic E-state index is 12.3. The normalized spacial score (nSPS) is 10.8. The summed E-state index contributed by atoms with van der Waals surface area (Å²) in [5.41, 5.74) is 2.37. The van der Waals surface area contributed by atoms with E-state index in [-0.39, 0.29) is 18.4 Å². The fourth-order valence-electron chi connectivity index (χ4n) is 3.15. The van der Waals surface area contributed by atoms with E-state index in [9.17, 15) is 9.59 Å². The van der Waals surface area contributed by atoms with Crippen LogP contribution in [-0.2, 0) is 22.7 Å². The monoisotopic (exact) mass is 462 g/mol. The summed E-state index contributed by atoms with van der Waals surface area (Å²) >= 11 is 0. The van der Waals surface area contributed by atoms with E-state index in [1.54, 1.807) is 35.3 Å². The number of nitrogens with one attached hydrogen (secondary N) is 2. The number of carbonyl (C=O) groups excluding carboxylic acids is 2. The van der Waals surface area contributed by atoms with Crippen molar-refractivity contribution < 1.29 is 19.1 Å². The van der Waals surface area contributed by atoms with Crippen LogP contribution in [0.4, 0.5) is 5.69 Å². The highest BCUT2D eigenvalue weighted by Crippen LogP contribution is 2.29. The zero-order valence-corrected chi connectivity index (χ0v) is 19.5. The lowest BCUT2D eigenvalue weighted by Crippen LogP contribution is -2.21. The first-order valence-corrected chi connectivity index (χ1v) is 11.3. The second-order valence-corrected chi connectivity index (χ2v) is 7.49. The SMILES string of the molecule is CCCOc1ccc(/C=C/C(=O)NCc2cccc(NC(=O)Cn3cccn3)c2)cc1OCC. The Morgan fingerprint density at radius 2 is 1.94 bits per heavy atom. The van der Waals surface area contributed by atoms with Crippen molar-refractivity contribution in [2.45, 2.75) is 33.4 Å². The Bertz CT molecular complexity index is 1110. The van der Waals surface area contributed by atoms with Gasteiger partial charge in [0.2, 0.25) is 11.8 Å². The third-order valence-electron chi connectivity index (χ3n) is 4.70. The molecule has 0 saturated heterocycles. The van der Waals surface area contributed by atoms with Gasteiger partial charge in [-0.15, -0.1) is 0 Å². The summed E-state index contributed by atoms with van der Waals surface area (Å²) in [7, 11) is 0. The highest BCUT2D eigenvalue weighted by Gasteiger charge is 2.07. The summed E-state index contributed by atoms with van der Waals surface area (Å²) in [4.78, 5) is 24.5. The molecule has 0 radical (unpaired) electrons. The van der Waals surface area contributed by atoms with Gasteiger partial charge in [0.15, 0.2) is 11.5 Å². The molecule has 2 N–H and O–H groups in total. The Hall–Kier alpha value is -4.07. The zero-order valence-electron chi connectivity index (χ0n) is 19.5. The number of benzene rings is 2. The van der Waals surface area contributed by atoms with Gasteiger partial charge < -0.3 is 20.1 Å². The number of hydrogen-bond acceptors (Lipinski definition) is 5. The van der Waals surface area contributed by atoms with Crippen LogP contribution in [0.25, 0.3) is 6.08 Å². The molecule has 8 heteroatoms. The van der Waals surface area contributed by atoms with Crippen LogP contribution >= 0.6 is 0 Å². The van der Waals surface area contributed by atoms with Crippen LogP contribution in [0.5, 0.6) is 11.5 Å². The molecule has 1 heterocycles. The topological polar surface area (TPSA) is 94.5 Å². The highest BCUT2D eigenvalue weighted by molar-refractivity contribution is 5.92. The molecule has 0 saturated carbocycles. The minimum atomic E-state index is -0.225. The van der Waals surface area contributed by atoms with Gasteiger partial charge in [-0.1, -0.05) is 25.1 Å². The average molecular weight is 463 g/mol. The van der Waals surface area contributed by atoms with Crippen molar-refractivity contribution in [2.24, 2.45) is 0 Å². The minimum absolute atomic E-state index is 0.134. The van der Waals surface area contributed by atoms with Gasteiger partial charge in [-0.05, 0) is 60.9 Å². The maximum atomic E-state index is 12.3. The van der Waals surface area contributed by atoms with Crippen LogP contribution in [0.3, 0.4) is 0 Å². The lowest BCUT2D eigenvalue weighted by Gasteiger charge is -2.12. The number of amides is 2. The van der Waals surface area contributed by atoms with Crippen LogP contribution in [0.1, 0.15) is 31.4 Å². The number of hydrogen-bond donors (Lipinski definition) is 2. The van der Waals surface area contributed by atoms with Crippen molar-refractivity contribution in [3.8, 4) is 11.5 Å². The molecule has 34 heavy (non-hydrogen) atoms. The first-order chi connectivity index (χ1) is 16.6. The molecule has 0 aliphatic carbocycles. The van der Waals surface area contributed by atoms with Crippen LogP contribution in [-0.4, -0.2) is 34.8 Å². The van der Waals surface area contributed by atoms with Gasteiger partial charge in [-0.25, -0.2) is 0 Å². The van der Waals surface area contributed by atoms with Gasteiger partial charge in [0.05, 0.1) is 13.2 Å². The van der Waals surface area contributed by atoms with Crippen molar-refractivity contribution in [1.29, 1.82) is 0 Å². The summed E-state index contributed by atoms with van der Waals surface area (Å²) < 4.78 is 12.9. The van der Waals surface area contributed by atoms with Crippen molar-refractivity contribution in [1.82, 2.24) is 15.1 Å². The lowest BCUT2D eigenvalue weighted by atomic mass is 10.1. The first kappa shape index (κ1) is 24.6. The Kier molecular flexibility index (Phi) is 9.28. The molecule has 0 bridgehead atoms. The quantitative estimate of drug-likeness (QED) is 0.396. The Morgan fingerprint density at radius 3 is 2.71 bits per heavy atom. The predicted molar refractivity (Wildman–Crippen MR) is 132 cm³/mol. The molecule has 0 aliphatic heterocycles. The summed E-state index contributed by atoms with van der Waals surface area (Å²) in [5.74, 6) is 0.953. The van der Waals surface area contributed by atoms with Gasteiger partial charge in [0, 0.05) is 30.7 Å². The summed E-state index contributed by atoms with van der Waals surface area (Å²) in [6.45, 7) is 5.58. The molecule has 2 amide bonds. The number of carbonyl (C=O) groups is 2. The second kappa shape index (κ2) is 12.8. The summed E-state index contributed by atoms with van der Waals surface area (Å²) in [6.07, 6.45) is 7.47. The van der Waals surface area contributed by atoms with E-state index in [1.165, 1.54) is 6.08 Å². The average Bonchev–Trinajstić information content (AvgIpc) is 3.34. The van der Waals surface area contributed by atoms with E-state index in [2.05, 4.69) is 15.7 Å². The molecule has 0 atom stereocenters. The Morgan fingerprint density at radius 1 is 1.06 bits per heavy atom. The van der Waals surface area contributed by atoms with Crippen molar-refractivity contribution in [3.05, 3.63) is 78.1 Å². The number of ether oxygens (including phenoxy) is 2. The molecule has 0 spiro atoms. The molecule has 178 valence electrons. The van der Waals surface area contributed by atoms with Gasteiger partial charge in [-0.2, -0.15) is 5.10 Å². The Labute approximate surface area is 199 Å². The van der Waals surface area contributed by atoms with Gasteiger partial charge in [0.25, 0.3) is 0 Å². The molecule has 0 unspecified atom stereocenters. The second-order valence-electron chi connectivity index (χ2n) is 7.49. The molecule has 3 aromatic rings. The minimum Gasteiger partial charge on any atom is -0.490 e. The fraction of sp³-hybridized carbons (Fsp3) is 0.269. The molecular formula is C26H30N4O4. The summed E-state index contributed by atoms with van der Waals surface area (Å²) in [5, 5.41) is 9.72. The third-order valence-corrected chi connectivity index (χ3v) is 4.70. The predicted octanol–water partition coefficient (Wildman–Crippen LogP) is 4.04. The van der Waals surface area contributed by atoms with Gasteiger partial charge in [0.1, 0.15) is 6.54 Å². The smallest absolute Gasteiger partial charge is 0.246 e. The van der Waals surface area contributed by atoms with Crippen LogP contribution in [0.15, 0.2) is 67.0 Å². The van der Waals surface area contributed by atoms with E-state index < -0.39 is 0 Å². The standard InChI is InChI=1S/C26H30N4O4/c1-3-15-34-23-11-9-20(17-24(23)33-4-2)10-12-25(31)27-18-21-7-5-8-22(16-21)29-26(32)19-30-14-6-13-28-30/h5-14,16-17H,3-4,15,18-19H2,1-2H3,(H,27,31)(H,29,32)/b12-10+. The highest BCUT2D eigenvalue weighted by atomic mass is 16.5. The van der Waals surface area contributed by atoms with Crippen LogP contribution in [0, 0.1) is 0 Å². The van der Waals surface area contributed by atoms with E-state index in [4.69, 9.17) is 9.47 Å². The number of aromatic nitrogens is 2. The zero-order chi connectivity index (χ0) is 24.2. The molecule has 0 fully saturated rings. The van der Waals surface area contributed by atoms with Crippen molar-refractivity contribution in [2.75, 3.05) is 18.5 Å². The fourth-order valence-corrected chi connectivity index (χ4v) is 3.15. The lowest BCUT2D eigenvalue weighted by molar-refractivity contribution is -0.117. The van der Waals surface area contributed by atoms with Crippen LogP contribution < -0.4 is 20.1 Å². The summed E-state index contributed by atoms with van der Waals surface area (Å²) in [6, 6.07) is 14.7. The van der Waals surface area contributed by atoms with E-state index in [1.807, 2.05) is 50.2 Å². The van der Waals surface area contributed by atoms with E-state index in [0.717, 1.165) is 17.5 Å². The van der Waals surface area contributed by atoms with Crippen molar-refractivity contribution in [3.63, 3.8) is 0 Å². The van der Waals surface area contributed by atoms with Crippen LogP contribution in [0.2, 0.25) is 0 Å². The molecule has 2 aromatic carbocycles. The molecule has 1 aromatic heterocycles. The van der Waals surface area contributed by atoms with E-state index in [0.29, 0.717) is 36.9 Å². The maximum Gasteiger partial charge on any atom is 0.246 e. The molecular weight excluding hydrogens is 432 g/mol. The number of nitrogens with zero attached hydrogens (tertiary/aromatic N) is 2. The Balaban J connectivity index is 1.53. The molecule has 3 rings (SSSR count). The van der Waals surface area contributed by atoms with E-state index >= 15 is 0 Å².